The van der Waals surface area contributed by atoms with E-state index in [0.29, 0.717) is 25.1 Å². The third-order valence-corrected chi connectivity index (χ3v) is 2.59. The van der Waals surface area contributed by atoms with Crippen LogP contribution in [-0.2, 0) is 4.74 Å². The second-order valence-electron chi connectivity index (χ2n) is 3.72. The average Bonchev–Trinajstić information content (AvgIpc) is 2.23. The molecule has 1 saturated heterocycles. The van der Waals surface area contributed by atoms with Crippen LogP contribution in [-0.4, -0.2) is 31.3 Å². The molecule has 1 N–H and O–H groups in total. The van der Waals surface area contributed by atoms with Gasteiger partial charge >= 0.3 is 0 Å². The molecule has 1 aliphatic rings. The molecule has 4 nitrogen and oxygen atoms in total. The van der Waals surface area contributed by atoms with E-state index in [1.807, 2.05) is 19.2 Å². The van der Waals surface area contributed by atoms with Crippen LogP contribution in [0.2, 0.25) is 0 Å². The Morgan fingerprint density at radius 1 is 1.60 bits per heavy atom. The first kappa shape index (κ1) is 10.4. The fraction of sp³-hybridized carbons (Fsp3) is 0.545. The maximum absolute atomic E-state index is 5.62. The smallest absolute Gasteiger partial charge is 0.213 e. The zero-order valence-electron chi connectivity index (χ0n) is 9.06. The van der Waals surface area contributed by atoms with Crippen molar-refractivity contribution in [2.24, 2.45) is 0 Å². The standard InChI is InChI=1S/C11H16N2O2/c1-8(12-2)9-3-4-13-11(5-9)15-10-6-14-7-10/h3-5,8,10,12H,6-7H2,1-2H3. The molecule has 1 aliphatic heterocycles. The highest BCUT2D eigenvalue weighted by molar-refractivity contribution is 5.23. The number of aromatic nitrogens is 1. The topological polar surface area (TPSA) is 43.4 Å². The van der Waals surface area contributed by atoms with Gasteiger partial charge in [0.2, 0.25) is 5.88 Å². The fourth-order valence-electron chi connectivity index (χ4n) is 1.38. The van der Waals surface area contributed by atoms with Crippen molar-refractivity contribution in [1.82, 2.24) is 10.3 Å². The van der Waals surface area contributed by atoms with Crippen LogP contribution >= 0.6 is 0 Å². The summed E-state index contributed by atoms with van der Waals surface area (Å²) in [4.78, 5) is 4.17. The Labute approximate surface area is 89.6 Å². The number of hydrogen-bond acceptors (Lipinski definition) is 4. The summed E-state index contributed by atoms with van der Waals surface area (Å²) in [5.41, 5.74) is 1.18. The molecule has 0 aromatic carbocycles. The Morgan fingerprint density at radius 3 is 3.00 bits per heavy atom. The van der Waals surface area contributed by atoms with E-state index in [2.05, 4.69) is 17.2 Å². The van der Waals surface area contributed by atoms with Gasteiger partial charge in [-0.15, -0.1) is 0 Å². The summed E-state index contributed by atoms with van der Waals surface area (Å²) in [6.45, 7) is 3.45. The van der Waals surface area contributed by atoms with Crippen LogP contribution in [0.1, 0.15) is 18.5 Å². The highest BCUT2D eigenvalue weighted by atomic mass is 16.6. The highest BCUT2D eigenvalue weighted by Crippen LogP contribution is 2.18. The molecule has 15 heavy (non-hydrogen) atoms. The van der Waals surface area contributed by atoms with Gasteiger partial charge < -0.3 is 14.8 Å². The third kappa shape index (κ3) is 2.46. The molecule has 4 heteroatoms. The monoisotopic (exact) mass is 208 g/mol. The van der Waals surface area contributed by atoms with Gasteiger partial charge in [0, 0.05) is 18.3 Å². The van der Waals surface area contributed by atoms with Crippen molar-refractivity contribution in [2.45, 2.75) is 19.1 Å². The quantitative estimate of drug-likeness (QED) is 0.805. The zero-order chi connectivity index (χ0) is 10.7. The lowest BCUT2D eigenvalue weighted by Crippen LogP contribution is -2.38. The molecule has 0 spiro atoms. The van der Waals surface area contributed by atoms with Crippen molar-refractivity contribution in [3.63, 3.8) is 0 Å². The van der Waals surface area contributed by atoms with Crippen LogP contribution in [0.3, 0.4) is 0 Å². The van der Waals surface area contributed by atoms with Gasteiger partial charge in [-0.25, -0.2) is 4.98 Å². The van der Waals surface area contributed by atoms with Crippen molar-refractivity contribution in [2.75, 3.05) is 20.3 Å². The first-order valence-corrected chi connectivity index (χ1v) is 5.17. The Kier molecular flexibility index (Phi) is 3.18. The van der Waals surface area contributed by atoms with E-state index in [9.17, 15) is 0 Å². The normalized spacial score (nSPS) is 18.3. The summed E-state index contributed by atoms with van der Waals surface area (Å²) in [6.07, 6.45) is 1.95. The largest absolute Gasteiger partial charge is 0.469 e. The molecule has 0 radical (unpaired) electrons. The van der Waals surface area contributed by atoms with Crippen LogP contribution in [0.4, 0.5) is 0 Å². The molecular weight excluding hydrogens is 192 g/mol. The Bertz CT molecular complexity index is 326. The number of ether oxygens (including phenoxy) is 2. The predicted molar refractivity (Wildman–Crippen MR) is 56.9 cm³/mol. The van der Waals surface area contributed by atoms with Crippen molar-refractivity contribution in [3.8, 4) is 5.88 Å². The zero-order valence-corrected chi connectivity index (χ0v) is 9.06. The molecule has 2 heterocycles. The first-order chi connectivity index (χ1) is 7.29. The van der Waals surface area contributed by atoms with E-state index < -0.39 is 0 Å². The van der Waals surface area contributed by atoms with Gasteiger partial charge in [0.15, 0.2) is 0 Å². The third-order valence-electron chi connectivity index (χ3n) is 2.59. The summed E-state index contributed by atoms with van der Waals surface area (Å²) in [7, 11) is 1.94. The second-order valence-corrected chi connectivity index (χ2v) is 3.72. The fourth-order valence-corrected chi connectivity index (χ4v) is 1.38. The van der Waals surface area contributed by atoms with E-state index >= 15 is 0 Å². The van der Waals surface area contributed by atoms with Gasteiger partial charge in [-0.05, 0) is 25.6 Å². The van der Waals surface area contributed by atoms with Crippen LogP contribution in [0.5, 0.6) is 5.88 Å². The van der Waals surface area contributed by atoms with Gasteiger partial charge in [-0.3, -0.25) is 0 Å². The van der Waals surface area contributed by atoms with E-state index in [4.69, 9.17) is 9.47 Å². The van der Waals surface area contributed by atoms with Crippen molar-refractivity contribution in [1.29, 1.82) is 0 Å². The minimum atomic E-state index is 0.178. The molecule has 1 atom stereocenters. The van der Waals surface area contributed by atoms with E-state index in [1.165, 1.54) is 5.56 Å². The lowest BCUT2D eigenvalue weighted by molar-refractivity contribution is -0.0813. The van der Waals surface area contributed by atoms with Crippen molar-refractivity contribution in [3.05, 3.63) is 23.9 Å². The Hall–Kier alpha value is -1.13. The molecule has 0 amide bonds. The maximum Gasteiger partial charge on any atom is 0.213 e. The predicted octanol–water partition coefficient (Wildman–Crippen LogP) is 1.14. The number of hydrogen-bond donors (Lipinski definition) is 1. The number of rotatable bonds is 4. The molecular formula is C11H16N2O2. The molecule has 82 valence electrons. The maximum atomic E-state index is 5.62. The minimum absolute atomic E-state index is 0.178. The first-order valence-electron chi connectivity index (χ1n) is 5.17. The van der Waals surface area contributed by atoms with E-state index in [1.54, 1.807) is 6.20 Å². The molecule has 0 aliphatic carbocycles. The van der Waals surface area contributed by atoms with Crippen LogP contribution in [0, 0.1) is 0 Å². The number of nitrogens with zero attached hydrogens (tertiary/aromatic N) is 1. The lowest BCUT2D eigenvalue weighted by atomic mass is 10.1. The van der Waals surface area contributed by atoms with Gasteiger partial charge in [0.1, 0.15) is 6.10 Å². The summed E-state index contributed by atoms with van der Waals surface area (Å²) >= 11 is 0. The van der Waals surface area contributed by atoms with Gasteiger partial charge in [-0.2, -0.15) is 0 Å². The highest BCUT2D eigenvalue weighted by Gasteiger charge is 2.20. The Balaban J connectivity index is 2.04. The summed E-state index contributed by atoms with van der Waals surface area (Å²) < 4.78 is 10.7. The van der Waals surface area contributed by atoms with Gasteiger partial charge in [0.25, 0.3) is 0 Å². The van der Waals surface area contributed by atoms with Crippen LogP contribution in [0.25, 0.3) is 0 Å². The Morgan fingerprint density at radius 2 is 2.40 bits per heavy atom. The number of nitrogens with one attached hydrogen (secondary N) is 1. The van der Waals surface area contributed by atoms with E-state index in [-0.39, 0.29) is 6.10 Å². The second kappa shape index (κ2) is 4.59. The average molecular weight is 208 g/mol. The molecule has 0 saturated carbocycles. The molecule has 1 aromatic rings. The molecule has 1 unspecified atom stereocenters. The molecule has 0 bridgehead atoms. The molecule has 2 rings (SSSR count). The summed E-state index contributed by atoms with van der Waals surface area (Å²) in [5.74, 6) is 0.683. The summed E-state index contributed by atoms with van der Waals surface area (Å²) in [5, 5.41) is 3.18. The number of pyridine rings is 1. The minimum Gasteiger partial charge on any atom is -0.469 e. The van der Waals surface area contributed by atoms with Gasteiger partial charge in [-0.1, -0.05) is 0 Å². The lowest BCUT2D eigenvalue weighted by Gasteiger charge is -2.26. The van der Waals surface area contributed by atoms with Crippen LogP contribution < -0.4 is 10.1 Å². The van der Waals surface area contributed by atoms with Crippen LogP contribution in [0.15, 0.2) is 18.3 Å². The molecule has 1 aromatic heterocycles. The van der Waals surface area contributed by atoms with Gasteiger partial charge in [0.05, 0.1) is 13.2 Å². The SMILES string of the molecule is CNC(C)c1ccnc(OC2COC2)c1. The van der Waals surface area contributed by atoms with E-state index in [0.717, 1.165) is 0 Å². The van der Waals surface area contributed by atoms with Crippen molar-refractivity contribution >= 4 is 0 Å². The van der Waals surface area contributed by atoms with Crippen molar-refractivity contribution < 1.29 is 9.47 Å². The summed E-state index contributed by atoms with van der Waals surface area (Å²) in [6, 6.07) is 4.28. The molecule has 1 fully saturated rings.